The van der Waals surface area contributed by atoms with Crippen molar-refractivity contribution in [1.82, 2.24) is 25.7 Å². The summed E-state index contributed by atoms with van der Waals surface area (Å²) in [4.78, 5) is 22.9. The third-order valence-electron chi connectivity index (χ3n) is 3.32. The van der Waals surface area contributed by atoms with E-state index >= 15 is 0 Å². The SMILES string of the molecule is CCNC(=O)NC(=O)CN[C@@H](C)c1ccc(-n2cccn2)cc1. The van der Waals surface area contributed by atoms with Crippen LogP contribution in [0.1, 0.15) is 25.5 Å². The largest absolute Gasteiger partial charge is 0.338 e. The quantitative estimate of drug-likeness (QED) is 0.751. The molecule has 23 heavy (non-hydrogen) atoms. The Balaban J connectivity index is 1.85. The van der Waals surface area contributed by atoms with Gasteiger partial charge in [0.15, 0.2) is 0 Å². The standard InChI is InChI=1S/C16H21N5O2/c1-3-17-16(23)20-15(22)11-18-12(2)13-5-7-14(8-6-13)21-10-4-9-19-21/h4-10,12,18H,3,11H2,1-2H3,(H2,17,20,22,23)/t12-/m0/s1. The highest BCUT2D eigenvalue weighted by Gasteiger charge is 2.10. The second kappa shape index (κ2) is 8.09. The van der Waals surface area contributed by atoms with Crippen LogP contribution in [0.4, 0.5) is 4.79 Å². The molecule has 7 nitrogen and oxygen atoms in total. The highest BCUT2D eigenvalue weighted by molar-refractivity contribution is 5.95. The van der Waals surface area contributed by atoms with Gasteiger partial charge < -0.3 is 10.6 Å². The zero-order chi connectivity index (χ0) is 16.7. The average Bonchev–Trinajstić information content (AvgIpc) is 3.07. The Labute approximate surface area is 135 Å². The molecule has 0 bridgehead atoms. The van der Waals surface area contributed by atoms with E-state index in [0.717, 1.165) is 11.3 Å². The molecule has 122 valence electrons. The molecule has 3 N–H and O–H groups in total. The number of benzene rings is 1. The third-order valence-corrected chi connectivity index (χ3v) is 3.32. The van der Waals surface area contributed by atoms with Gasteiger partial charge in [0.25, 0.3) is 0 Å². The minimum atomic E-state index is -0.476. The molecule has 1 aromatic carbocycles. The van der Waals surface area contributed by atoms with E-state index in [2.05, 4.69) is 21.0 Å². The van der Waals surface area contributed by atoms with Crippen molar-refractivity contribution in [2.75, 3.05) is 13.1 Å². The molecular weight excluding hydrogens is 294 g/mol. The number of urea groups is 1. The molecule has 0 aliphatic heterocycles. The smallest absolute Gasteiger partial charge is 0.321 e. The molecule has 0 saturated carbocycles. The van der Waals surface area contributed by atoms with Crippen LogP contribution in [0.3, 0.4) is 0 Å². The Morgan fingerprint density at radius 3 is 2.61 bits per heavy atom. The van der Waals surface area contributed by atoms with Crippen molar-refractivity contribution in [1.29, 1.82) is 0 Å². The molecule has 1 heterocycles. The molecule has 0 saturated heterocycles. The number of nitrogens with zero attached hydrogens (tertiary/aromatic N) is 2. The topological polar surface area (TPSA) is 88.0 Å². The fourth-order valence-corrected chi connectivity index (χ4v) is 2.08. The van der Waals surface area contributed by atoms with Gasteiger partial charge in [0.1, 0.15) is 0 Å². The Morgan fingerprint density at radius 1 is 1.26 bits per heavy atom. The zero-order valence-corrected chi connectivity index (χ0v) is 13.2. The summed E-state index contributed by atoms with van der Waals surface area (Å²) in [5.74, 6) is -0.365. The van der Waals surface area contributed by atoms with E-state index in [0.29, 0.717) is 6.54 Å². The van der Waals surface area contributed by atoms with E-state index in [9.17, 15) is 9.59 Å². The molecule has 0 spiro atoms. The third kappa shape index (κ3) is 4.93. The van der Waals surface area contributed by atoms with Crippen molar-refractivity contribution >= 4 is 11.9 Å². The number of nitrogens with one attached hydrogen (secondary N) is 3. The van der Waals surface area contributed by atoms with E-state index in [4.69, 9.17) is 0 Å². The van der Waals surface area contributed by atoms with Crippen LogP contribution in [0.5, 0.6) is 0 Å². The van der Waals surface area contributed by atoms with Crippen molar-refractivity contribution in [3.8, 4) is 5.69 Å². The summed E-state index contributed by atoms with van der Waals surface area (Å²) in [7, 11) is 0. The molecule has 0 radical (unpaired) electrons. The minimum Gasteiger partial charge on any atom is -0.338 e. The van der Waals surface area contributed by atoms with Gasteiger partial charge in [-0.2, -0.15) is 5.10 Å². The van der Waals surface area contributed by atoms with E-state index in [1.165, 1.54) is 0 Å². The lowest BCUT2D eigenvalue weighted by molar-refractivity contribution is -0.119. The maximum atomic E-state index is 11.6. The van der Waals surface area contributed by atoms with Crippen LogP contribution >= 0.6 is 0 Å². The second-order valence-electron chi connectivity index (χ2n) is 5.05. The van der Waals surface area contributed by atoms with Crippen LogP contribution in [0.2, 0.25) is 0 Å². The summed E-state index contributed by atoms with van der Waals surface area (Å²) in [5.41, 5.74) is 2.02. The van der Waals surface area contributed by atoms with Gasteiger partial charge >= 0.3 is 6.03 Å². The molecule has 1 atom stereocenters. The van der Waals surface area contributed by atoms with Crippen molar-refractivity contribution < 1.29 is 9.59 Å². The lowest BCUT2D eigenvalue weighted by Crippen LogP contribution is -2.43. The Hall–Kier alpha value is -2.67. The molecule has 7 heteroatoms. The van der Waals surface area contributed by atoms with Crippen LogP contribution in [0.25, 0.3) is 5.69 Å². The van der Waals surface area contributed by atoms with Crippen LogP contribution in [-0.2, 0) is 4.79 Å². The molecule has 2 rings (SSSR count). The summed E-state index contributed by atoms with van der Waals surface area (Å²) in [6.07, 6.45) is 3.60. The first-order valence-electron chi connectivity index (χ1n) is 7.51. The summed E-state index contributed by atoms with van der Waals surface area (Å²) in [6.45, 7) is 4.30. The van der Waals surface area contributed by atoms with Gasteiger partial charge in [-0.05, 0) is 37.6 Å². The summed E-state index contributed by atoms with van der Waals surface area (Å²) >= 11 is 0. The maximum absolute atomic E-state index is 11.6. The molecule has 1 aromatic heterocycles. The molecule has 2 aromatic rings. The fraction of sp³-hybridized carbons (Fsp3) is 0.312. The number of carbonyl (C=O) groups excluding carboxylic acids is 2. The number of hydrogen-bond acceptors (Lipinski definition) is 4. The van der Waals surface area contributed by atoms with Crippen LogP contribution in [-0.4, -0.2) is 34.8 Å². The van der Waals surface area contributed by atoms with Gasteiger partial charge in [-0.25, -0.2) is 9.48 Å². The molecule has 0 unspecified atom stereocenters. The lowest BCUT2D eigenvalue weighted by atomic mass is 10.1. The molecule has 0 aliphatic carbocycles. The highest BCUT2D eigenvalue weighted by Crippen LogP contribution is 2.15. The Morgan fingerprint density at radius 2 is 2.00 bits per heavy atom. The Bertz CT molecular complexity index is 637. The van der Waals surface area contributed by atoms with E-state index in [1.54, 1.807) is 17.8 Å². The minimum absolute atomic E-state index is 0.0124. The number of hydrogen-bond donors (Lipinski definition) is 3. The first kappa shape index (κ1) is 16.7. The van der Waals surface area contributed by atoms with E-state index in [1.807, 2.05) is 43.5 Å². The van der Waals surface area contributed by atoms with Gasteiger partial charge in [0, 0.05) is 25.0 Å². The molecular formula is C16H21N5O2. The van der Waals surface area contributed by atoms with Crippen molar-refractivity contribution in [3.63, 3.8) is 0 Å². The molecule has 3 amide bonds. The number of aromatic nitrogens is 2. The van der Waals surface area contributed by atoms with Gasteiger partial charge in [0.05, 0.1) is 12.2 Å². The number of carbonyl (C=O) groups is 2. The zero-order valence-electron chi connectivity index (χ0n) is 13.2. The van der Waals surface area contributed by atoms with Gasteiger partial charge in [-0.1, -0.05) is 12.1 Å². The predicted octanol–water partition coefficient (Wildman–Crippen LogP) is 1.37. The monoisotopic (exact) mass is 315 g/mol. The number of amides is 3. The predicted molar refractivity (Wildman–Crippen MR) is 87.2 cm³/mol. The lowest BCUT2D eigenvalue weighted by Gasteiger charge is -2.14. The van der Waals surface area contributed by atoms with Crippen molar-refractivity contribution in [3.05, 3.63) is 48.3 Å². The first-order valence-corrected chi connectivity index (χ1v) is 7.51. The Kier molecular flexibility index (Phi) is 5.87. The van der Waals surface area contributed by atoms with Crippen molar-refractivity contribution in [2.24, 2.45) is 0 Å². The average molecular weight is 315 g/mol. The van der Waals surface area contributed by atoms with Gasteiger partial charge in [-0.15, -0.1) is 0 Å². The maximum Gasteiger partial charge on any atom is 0.321 e. The van der Waals surface area contributed by atoms with Crippen molar-refractivity contribution in [2.45, 2.75) is 19.9 Å². The van der Waals surface area contributed by atoms with Crippen LogP contribution in [0, 0.1) is 0 Å². The molecule has 0 aliphatic rings. The molecule has 0 fully saturated rings. The highest BCUT2D eigenvalue weighted by atomic mass is 16.2. The van der Waals surface area contributed by atoms with Gasteiger partial charge in [-0.3, -0.25) is 10.1 Å². The number of imide groups is 1. The summed E-state index contributed by atoms with van der Waals surface area (Å²) in [6, 6.07) is 9.28. The van der Waals surface area contributed by atoms with E-state index in [-0.39, 0.29) is 18.5 Å². The fourth-order valence-electron chi connectivity index (χ4n) is 2.08. The normalized spacial score (nSPS) is 11.7. The number of rotatable bonds is 6. The summed E-state index contributed by atoms with van der Waals surface area (Å²) in [5, 5.41) is 12.0. The van der Waals surface area contributed by atoms with Crippen LogP contribution < -0.4 is 16.0 Å². The second-order valence-corrected chi connectivity index (χ2v) is 5.05. The van der Waals surface area contributed by atoms with Gasteiger partial charge in [0.2, 0.25) is 5.91 Å². The summed E-state index contributed by atoms with van der Waals surface area (Å²) < 4.78 is 1.78. The van der Waals surface area contributed by atoms with Crippen LogP contribution in [0.15, 0.2) is 42.7 Å². The van der Waals surface area contributed by atoms with E-state index < -0.39 is 6.03 Å². The first-order chi connectivity index (χ1) is 11.1.